The quantitative estimate of drug-likeness (QED) is 0.695. The molecule has 0 radical (unpaired) electrons. The molecule has 0 atom stereocenters. The second-order valence-electron chi connectivity index (χ2n) is 4.20. The topological polar surface area (TPSA) is 68.3 Å². The van der Waals surface area contributed by atoms with Crippen molar-refractivity contribution in [2.24, 2.45) is 0 Å². The van der Waals surface area contributed by atoms with Gasteiger partial charge < -0.3 is 10.1 Å². The average molecular weight is 286 g/mol. The molecule has 108 valence electrons. The Hall–Kier alpha value is -1.14. The van der Waals surface area contributed by atoms with E-state index in [0.717, 1.165) is 18.8 Å². The zero-order chi connectivity index (χ0) is 14.1. The number of ether oxygens (including phenoxy) is 1. The molecule has 6 heteroatoms. The summed E-state index contributed by atoms with van der Waals surface area (Å²) in [5.41, 5.74) is 0.961. The van der Waals surface area contributed by atoms with E-state index in [1.165, 1.54) is 0 Å². The number of nitrogens with one attached hydrogen (secondary N) is 1. The molecule has 5 nitrogen and oxygen atoms in total. The van der Waals surface area contributed by atoms with Gasteiger partial charge in [0.15, 0.2) is 0 Å². The number of hydrogen-bond donors (Lipinski definition) is 1. The van der Waals surface area contributed by atoms with Crippen molar-refractivity contribution < 1.29 is 13.2 Å². The minimum atomic E-state index is -2.89. The van der Waals surface area contributed by atoms with Crippen molar-refractivity contribution in [2.45, 2.75) is 26.8 Å². The molecular formula is C13H22N2O3S. The highest BCUT2D eigenvalue weighted by atomic mass is 32.2. The Kier molecular flexibility index (Phi) is 6.80. The molecule has 1 rings (SSSR count). The molecule has 0 unspecified atom stereocenters. The number of nitrogens with zero attached hydrogens (tertiary/aromatic N) is 1. The van der Waals surface area contributed by atoms with Crippen LogP contribution in [0.2, 0.25) is 0 Å². The molecule has 0 aliphatic rings. The van der Waals surface area contributed by atoms with Crippen LogP contribution in [0.4, 0.5) is 0 Å². The van der Waals surface area contributed by atoms with Crippen LogP contribution in [-0.2, 0) is 16.4 Å². The molecule has 0 bridgehead atoms. The second-order valence-corrected chi connectivity index (χ2v) is 6.68. The van der Waals surface area contributed by atoms with Gasteiger partial charge in [-0.1, -0.05) is 13.8 Å². The second kappa shape index (κ2) is 8.12. The van der Waals surface area contributed by atoms with Crippen LogP contribution in [-0.4, -0.2) is 38.1 Å². The van der Waals surface area contributed by atoms with E-state index in [-0.39, 0.29) is 11.5 Å². The molecule has 1 N–H and O–H groups in total. The SMILES string of the molecule is CCNCc1ccc(OCCCS(=O)(=O)CC)cn1. The van der Waals surface area contributed by atoms with Crippen molar-refractivity contribution in [3.63, 3.8) is 0 Å². The van der Waals surface area contributed by atoms with E-state index >= 15 is 0 Å². The largest absolute Gasteiger partial charge is 0.492 e. The number of rotatable bonds is 9. The maximum atomic E-state index is 11.3. The van der Waals surface area contributed by atoms with E-state index in [9.17, 15) is 8.42 Å². The van der Waals surface area contributed by atoms with Gasteiger partial charge in [0.1, 0.15) is 15.6 Å². The monoisotopic (exact) mass is 286 g/mol. The van der Waals surface area contributed by atoms with E-state index in [1.807, 2.05) is 19.1 Å². The van der Waals surface area contributed by atoms with Crippen molar-refractivity contribution in [2.75, 3.05) is 24.7 Å². The third kappa shape index (κ3) is 6.54. The lowest BCUT2D eigenvalue weighted by Crippen LogP contribution is -2.13. The summed E-state index contributed by atoms with van der Waals surface area (Å²) >= 11 is 0. The summed E-state index contributed by atoms with van der Waals surface area (Å²) in [7, 11) is -2.89. The number of sulfone groups is 1. The molecule has 0 spiro atoms. The summed E-state index contributed by atoms with van der Waals surface area (Å²) < 4.78 is 28.0. The van der Waals surface area contributed by atoms with Crippen molar-refractivity contribution in [3.05, 3.63) is 24.0 Å². The van der Waals surface area contributed by atoms with E-state index in [1.54, 1.807) is 13.1 Å². The van der Waals surface area contributed by atoms with E-state index in [4.69, 9.17) is 4.74 Å². The normalized spacial score (nSPS) is 11.5. The van der Waals surface area contributed by atoms with Crippen LogP contribution in [0.5, 0.6) is 5.75 Å². The minimum absolute atomic E-state index is 0.176. The summed E-state index contributed by atoms with van der Waals surface area (Å²) in [6.45, 7) is 5.75. The summed E-state index contributed by atoms with van der Waals surface area (Å²) in [6.07, 6.45) is 2.18. The Labute approximate surface area is 115 Å². The Bertz CT molecular complexity index is 457. The fourth-order valence-electron chi connectivity index (χ4n) is 1.47. The van der Waals surface area contributed by atoms with Crippen LogP contribution in [0.25, 0.3) is 0 Å². The van der Waals surface area contributed by atoms with E-state index < -0.39 is 9.84 Å². The Balaban J connectivity index is 2.30. The maximum Gasteiger partial charge on any atom is 0.150 e. The van der Waals surface area contributed by atoms with Gasteiger partial charge in [-0.15, -0.1) is 0 Å². The first-order valence-corrected chi connectivity index (χ1v) is 8.38. The lowest BCUT2D eigenvalue weighted by atomic mass is 10.3. The van der Waals surface area contributed by atoms with Gasteiger partial charge in [0.05, 0.1) is 24.3 Å². The average Bonchev–Trinajstić information content (AvgIpc) is 2.42. The molecule has 1 aromatic heterocycles. The summed E-state index contributed by atoms with van der Waals surface area (Å²) in [5.74, 6) is 1.04. The molecule has 0 aliphatic heterocycles. The highest BCUT2D eigenvalue weighted by molar-refractivity contribution is 7.91. The highest BCUT2D eigenvalue weighted by Crippen LogP contribution is 2.09. The van der Waals surface area contributed by atoms with Gasteiger partial charge in [-0.3, -0.25) is 4.98 Å². The van der Waals surface area contributed by atoms with Gasteiger partial charge >= 0.3 is 0 Å². The number of pyridine rings is 1. The van der Waals surface area contributed by atoms with E-state index in [0.29, 0.717) is 18.8 Å². The van der Waals surface area contributed by atoms with Crippen molar-refractivity contribution in [1.82, 2.24) is 10.3 Å². The first kappa shape index (κ1) is 15.9. The maximum absolute atomic E-state index is 11.3. The summed E-state index contributed by atoms with van der Waals surface area (Å²) in [6, 6.07) is 3.76. The standard InChI is InChI=1S/C13H22N2O3S/c1-3-14-10-12-6-7-13(11-15-12)18-8-5-9-19(16,17)4-2/h6-7,11,14H,3-5,8-10H2,1-2H3. The molecular weight excluding hydrogens is 264 g/mol. The molecule has 0 amide bonds. The fourth-order valence-corrected chi connectivity index (χ4v) is 2.31. The highest BCUT2D eigenvalue weighted by Gasteiger charge is 2.06. The summed E-state index contributed by atoms with van der Waals surface area (Å²) in [5, 5.41) is 3.19. The van der Waals surface area contributed by atoms with Gasteiger partial charge in [-0.25, -0.2) is 8.42 Å². The predicted molar refractivity (Wildman–Crippen MR) is 76.1 cm³/mol. The zero-order valence-corrected chi connectivity index (χ0v) is 12.4. The Morgan fingerprint density at radius 1 is 1.32 bits per heavy atom. The lowest BCUT2D eigenvalue weighted by Gasteiger charge is -2.07. The fraction of sp³-hybridized carbons (Fsp3) is 0.615. The van der Waals surface area contributed by atoms with Crippen LogP contribution in [0.15, 0.2) is 18.3 Å². The molecule has 1 heterocycles. The summed E-state index contributed by atoms with van der Waals surface area (Å²) in [4.78, 5) is 4.25. The van der Waals surface area contributed by atoms with E-state index in [2.05, 4.69) is 10.3 Å². The first-order valence-electron chi connectivity index (χ1n) is 6.56. The molecule has 0 saturated carbocycles. The Morgan fingerprint density at radius 2 is 2.11 bits per heavy atom. The lowest BCUT2D eigenvalue weighted by molar-refractivity contribution is 0.316. The smallest absolute Gasteiger partial charge is 0.150 e. The van der Waals surface area contributed by atoms with Gasteiger partial charge in [-0.2, -0.15) is 0 Å². The van der Waals surface area contributed by atoms with Crippen molar-refractivity contribution in [1.29, 1.82) is 0 Å². The van der Waals surface area contributed by atoms with Crippen LogP contribution >= 0.6 is 0 Å². The minimum Gasteiger partial charge on any atom is -0.492 e. The van der Waals surface area contributed by atoms with Gasteiger partial charge in [0.25, 0.3) is 0 Å². The van der Waals surface area contributed by atoms with Crippen LogP contribution < -0.4 is 10.1 Å². The van der Waals surface area contributed by atoms with Gasteiger partial charge in [0.2, 0.25) is 0 Å². The molecule has 0 aliphatic carbocycles. The molecule has 0 aromatic carbocycles. The number of aromatic nitrogens is 1. The van der Waals surface area contributed by atoms with Gasteiger partial charge in [0, 0.05) is 12.3 Å². The Morgan fingerprint density at radius 3 is 2.68 bits per heavy atom. The van der Waals surface area contributed by atoms with Crippen molar-refractivity contribution >= 4 is 9.84 Å². The van der Waals surface area contributed by atoms with Crippen LogP contribution in [0.1, 0.15) is 26.0 Å². The molecule has 0 saturated heterocycles. The molecule has 19 heavy (non-hydrogen) atoms. The third-order valence-corrected chi connectivity index (χ3v) is 4.45. The first-order chi connectivity index (χ1) is 9.07. The van der Waals surface area contributed by atoms with Crippen LogP contribution in [0.3, 0.4) is 0 Å². The molecule has 0 fully saturated rings. The van der Waals surface area contributed by atoms with Crippen molar-refractivity contribution in [3.8, 4) is 5.75 Å². The van der Waals surface area contributed by atoms with Gasteiger partial charge in [-0.05, 0) is 25.1 Å². The zero-order valence-electron chi connectivity index (χ0n) is 11.6. The molecule has 1 aromatic rings. The number of hydrogen-bond acceptors (Lipinski definition) is 5. The third-order valence-electron chi connectivity index (χ3n) is 2.66. The predicted octanol–water partition coefficient (Wildman–Crippen LogP) is 1.39. The van der Waals surface area contributed by atoms with Crippen LogP contribution in [0, 0.1) is 0 Å².